The van der Waals surface area contributed by atoms with Crippen molar-refractivity contribution in [2.24, 2.45) is 0 Å². The lowest BCUT2D eigenvalue weighted by atomic mass is 9.83. The monoisotopic (exact) mass is 390 g/mol. The zero-order valence-corrected chi connectivity index (χ0v) is 16.6. The van der Waals surface area contributed by atoms with E-state index in [9.17, 15) is 9.67 Å². The molecule has 0 amide bonds. The van der Waals surface area contributed by atoms with Crippen LogP contribution in [0, 0.1) is 0 Å². The van der Waals surface area contributed by atoms with Crippen molar-refractivity contribution in [3.05, 3.63) is 78.4 Å². The first-order valence-electron chi connectivity index (χ1n) is 9.92. The SMILES string of the molecule is O=P1(C2(c3ccc(O)cc3)CCCCC2)Oc2ccccc2-c2ccccc21. The van der Waals surface area contributed by atoms with Gasteiger partial charge < -0.3 is 9.63 Å². The van der Waals surface area contributed by atoms with Crippen LogP contribution in [-0.4, -0.2) is 5.11 Å². The molecule has 3 aromatic rings. The maximum atomic E-state index is 14.9. The van der Waals surface area contributed by atoms with Crippen LogP contribution in [0.2, 0.25) is 0 Å². The van der Waals surface area contributed by atoms with Gasteiger partial charge in [-0.15, -0.1) is 0 Å². The molecule has 1 N–H and O–H groups in total. The molecule has 0 saturated heterocycles. The lowest BCUT2D eigenvalue weighted by Crippen LogP contribution is -2.37. The molecule has 3 nitrogen and oxygen atoms in total. The van der Waals surface area contributed by atoms with E-state index >= 15 is 0 Å². The average molecular weight is 390 g/mol. The number of para-hydroxylation sites is 1. The quantitative estimate of drug-likeness (QED) is 0.529. The van der Waals surface area contributed by atoms with Gasteiger partial charge in [0.15, 0.2) is 0 Å². The highest BCUT2D eigenvalue weighted by Crippen LogP contribution is 2.70. The van der Waals surface area contributed by atoms with E-state index in [-0.39, 0.29) is 5.75 Å². The Labute approximate surface area is 165 Å². The van der Waals surface area contributed by atoms with Gasteiger partial charge in [-0.1, -0.05) is 67.8 Å². The van der Waals surface area contributed by atoms with Crippen molar-refractivity contribution in [2.45, 2.75) is 37.3 Å². The molecule has 0 radical (unpaired) electrons. The average Bonchev–Trinajstić information content (AvgIpc) is 2.75. The van der Waals surface area contributed by atoms with Crippen LogP contribution in [0.5, 0.6) is 11.5 Å². The summed E-state index contributed by atoms with van der Waals surface area (Å²) in [4.78, 5) is 0. The fourth-order valence-corrected chi connectivity index (χ4v) is 8.25. The predicted octanol–water partition coefficient (Wildman–Crippen LogP) is 6.21. The van der Waals surface area contributed by atoms with Gasteiger partial charge in [-0.2, -0.15) is 0 Å². The number of fused-ring (bicyclic) bond motifs is 3. The first-order chi connectivity index (χ1) is 13.6. The van der Waals surface area contributed by atoms with Crippen LogP contribution in [0.4, 0.5) is 0 Å². The molecule has 1 aliphatic heterocycles. The van der Waals surface area contributed by atoms with Crippen molar-refractivity contribution in [1.82, 2.24) is 0 Å². The molecule has 2 aliphatic rings. The van der Waals surface area contributed by atoms with Gasteiger partial charge >= 0.3 is 0 Å². The van der Waals surface area contributed by atoms with Gasteiger partial charge in [0.1, 0.15) is 11.5 Å². The third-order valence-electron chi connectivity index (χ3n) is 6.27. The first kappa shape index (κ1) is 17.6. The summed E-state index contributed by atoms with van der Waals surface area (Å²) in [7, 11) is -3.26. The minimum absolute atomic E-state index is 0.225. The maximum absolute atomic E-state index is 14.9. The highest BCUT2D eigenvalue weighted by Gasteiger charge is 2.55. The van der Waals surface area contributed by atoms with Crippen LogP contribution in [-0.2, 0) is 9.72 Å². The molecule has 4 heteroatoms. The molecule has 5 rings (SSSR count). The van der Waals surface area contributed by atoms with E-state index in [0.29, 0.717) is 5.75 Å². The summed E-state index contributed by atoms with van der Waals surface area (Å²) < 4.78 is 21.4. The molecule has 1 atom stereocenters. The fourth-order valence-electron chi connectivity index (χ4n) is 4.89. The Morgan fingerprint density at radius 3 is 2.18 bits per heavy atom. The lowest BCUT2D eigenvalue weighted by Gasteiger charge is -2.45. The minimum Gasteiger partial charge on any atom is -0.508 e. The summed E-state index contributed by atoms with van der Waals surface area (Å²) in [5.74, 6) is 0.927. The van der Waals surface area contributed by atoms with Gasteiger partial charge in [-0.05, 0) is 48.2 Å². The standard InChI is InChI=1S/C24H23O3P/c25-19-14-12-18(13-15-19)24(16-6-1-7-17-24)28(26)23-11-5-3-9-21(23)20-8-2-4-10-22(20)27-28/h2-5,8-15,25H,1,6-7,16-17H2. The molecule has 1 fully saturated rings. The Bertz CT molecular complexity index is 1070. The van der Waals surface area contributed by atoms with Crippen LogP contribution in [0.25, 0.3) is 11.1 Å². The number of hydrogen-bond acceptors (Lipinski definition) is 3. The van der Waals surface area contributed by atoms with Crippen LogP contribution in [0.15, 0.2) is 72.8 Å². The van der Waals surface area contributed by atoms with Crippen molar-refractivity contribution < 1.29 is 14.2 Å². The van der Waals surface area contributed by atoms with Gasteiger partial charge in [0.2, 0.25) is 0 Å². The van der Waals surface area contributed by atoms with Gasteiger partial charge in [0.05, 0.1) is 10.5 Å². The Balaban J connectivity index is 1.78. The zero-order chi connectivity index (χ0) is 19.2. The second-order valence-electron chi connectivity index (χ2n) is 7.80. The van der Waals surface area contributed by atoms with Gasteiger partial charge in [0.25, 0.3) is 7.37 Å². The molecule has 0 bridgehead atoms. The number of phenolic OH excluding ortho intramolecular Hbond substituents is 1. The van der Waals surface area contributed by atoms with E-state index in [4.69, 9.17) is 4.52 Å². The number of hydrogen-bond donors (Lipinski definition) is 1. The van der Waals surface area contributed by atoms with Crippen molar-refractivity contribution in [3.63, 3.8) is 0 Å². The summed E-state index contributed by atoms with van der Waals surface area (Å²) in [5, 5.41) is 10.1. The summed E-state index contributed by atoms with van der Waals surface area (Å²) in [5.41, 5.74) is 3.01. The predicted molar refractivity (Wildman–Crippen MR) is 113 cm³/mol. The lowest BCUT2D eigenvalue weighted by molar-refractivity contribution is 0.349. The summed E-state index contributed by atoms with van der Waals surface area (Å²) in [6, 6.07) is 23.1. The molecular formula is C24H23O3P. The van der Waals surface area contributed by atoms with Gasteiger partial charge in [0, 0.05) is 5.56 Å². The Morgan fingerprint density at radius 2 is 1.43 bits per heavy atom. The van der Waals surface area contributed by atoms with Crippen molar-refractivity contribution in [2.75, 3.05) is 0 Å². The number of phenols is 1. The Morgan fingerprint density at radius 1 is 0.786 bits per heavy atom. The molecule has 0 spiro atoms. The highest BCUT2D eigenvalue weighted by molar-refractivity contribution is 7.69. The maximum Gasteiger partial charge on any atom is 0.288 e. The molecule has 0 aromatic heterocycles. The van der Waals surface area contributed by atoms with Crippen molar-refractivity contribution in [3.8, 4) is 22.6 Å². The third-order valence-corrected chi connectivity index (χ3v) is 9.58. The molecule has 3 aromatic carbocycles. The van der Waals surface area contributed by atoms with E-state index in [1.54, 1.807) is 12.1 Å². The molecule has 142 valence electrons. The normalized spacial score (nSPS) is 22.6. The van der Waals surface area contributed by atoms with E-state index in [0.717, 1.165) is 54.1 Å². The minimum atomic E-state index is -3.26. The van der Waals surface area contributed by atoms with Crippen molar-refractivity contribution in [1.29, 1.82) is 0 Å². The van der Waals surface area contributed by atoms with Crippen LogP contribution in [0.3, 0.4) is 0 Å². The van der Waals surface area contributed by atoms with Crippen LogP contribution in [0.1, 0.15) is 37.7 Å². The number of benzene rings is 3. The van der Waals surface area contributed by atoms with Gasteiger partial charge in [-0.3, -0.25) is 4.57 Å². The van der Waals surface area contributed by atoms with E-state index in [1.807, 2.05) is 54.6 Å². The molecule has 1 aliphatic carbocycles. The summed E-state index contributed by atoms with van der Waals surface area (Å²) >= 11 is 0. The molecule has 1 saturated carbocycles. The summed E-state index contributed by atoms with van der Waals surface area (Å²) in [6.45, 7) is 0. The fraction of sp³-hybridized carbons (Fsp3) is 0.250. The number of aromatic hydroxyl groups is 1. The molecule has 1 heterocycles. The molecule has 1 unspecified atom stereocenters. The highest BCUT2D eigenvalue weighted by atomic mass is 31.2. The van der Waals surface area contributed by atoms with E-state index in [1.165, 1.54) is 0 Å². The third kappa shape index (κ3) is 2.46. The van der Waals surface area contributed by atoms with E-state index in [2.05, 4.69) is 6.07 Å². The second kappa shape index (κ2) is 6.53. The Hall–Kier alpha value is -2.51. The first-order valence-corrected chi connectivity index (χ1v) is 11.5. The molecule has 28 heavy (non-hydrogen) atoms. The molecular weight excluding hydrogens is 367 g/mol. The van der Waals surface area contributed by atoms with Crippen molar-refractivity contribution >= 4 is 12.7 Å². The number of rotatable bonds is 2. The van der Waals surface area contributed by atoms with Crippen LogP contribution < -0.4 is 9.83 Å². The Kier molecular flexibility index (Phi) is 4.10. The van der Waals surface area contributed by atoms with Crippen LogP contribution >= 0.6 is 7.37 Å². The van der Waals surface area contributed by atoms with Gasteiger partial charge in [-0.25, -0.2) is 0 Å². The summed E-state index contributed by atoms with van der Waals surface area (Å²) in [6.07, 6.45) is 4.85. The smallest absolute Gasteiger partial charge is 0.288 e. The second-order valence-corrected chi connectivity index (χ2v) is 10.4. The van der Waals surface area contributed by atoms with E-state index < -0.39 is 12.5 Å². The zero-order valence-electron chi connectivity index (χ0n) is 15.7. The topological polar surface area (TPSA) is 46.5 Å². The largest absolute Gasteiger partial charge is 0.508 e.